The van der Waals surface area contributed by atoms with Crippen LogP contribution in [0.15, 0.2) is 41.0 Å². The van der Waals surface area contributed by atoms with E-state index in [0.29, 0.717) is 26.6 Å². The summed E-state index contributed by atoms with van der Waals surface area (Å²) in [6.45, 7) is 0. The second-order valence-electron chi connectivity index (χ2n) is 4.94. The number of carboxylic acids is 1. The third kappa shape index (κ3) is 3.04. The van der Waals surface area contributed by atoms with E-state index in [1.807, 2.05) is 12.1 Å². The van der Waals surface area contributed by atoms with Gasteiger partial charge in [0.1, 0.15) is 10.4 Å². The topological polar surface area (TPSA) is 64.4 Å². The molecule has 3 rings (SSSR count). The van der Waals surface area contributed by atoms with Crippen molar-refractivity contribution in [3.05, 3.63) is 51.6 Å². The summed E-state index contributed by atoms with van der Waals surface area (Å²) >= 11 is 9.82. The van der Waals surface area contributed by atoms with E-state index >= 15 is 0 Å². The van der Waals surface area contributed by atoms with E-state index in [4.69, 9.17) is 21.4 Å². The first-order chi connectivity index (χ1) is 11.0. The predicted octanol–water partition coefficient (Wildman–Crippen LogP) is 4.08. The summed E-state index contributed by atoms with van der Waals surface area (Å²) in [5.41, 5.74) is 2.17. The number of aromatic nitrogens is 2. The van der Waals surface area contributed by atoms with Crippen LogP contribution in [-0.4, -0.2) is 28.0 Å². The number of hydrogen-bond acceptors (Lipinski definition) is 3. The summed E-state index contributed by atoms with van der Waals surface area (Å²) in [5, 5.41) is 14.8. The molecule has 118 valence electrons. The fourth-order valence-corrected chi connectivity index (χ4v) is 3.17. The standard InChI is InChI=1S/C16H12BrClN2O3/c1-23-10-3-5-14(12(18)8-10)20-16(17)11-6-9(7-15(21)22)2-4-13(11)19-20/h2-6,8H,7H2,1H3,(H,21,22). The molecule has 0 radical (unpaired) electrons. The molecule has 0 spiro atoms. The zero-order valence-corrected chi connectivity index (χ0v) is 14.4. The van der Waals surface area contributed by atoms with Crippen molar-refractivity contribution in [1.82, 2.24) is 9.78 Å². The molecule has 0 aliphatic carbocycles. The zero-order valence-electron chi connectivity index (χ0n) is 12.1. The van der Waals surface area contributed by atoms with Crippen LogP contribution in [0.5, 0.6) is 5.75 Å². The number of halogens is 2. The maximum absolute atomic E-state index is 10.9. The summed E-state index contributed by atoms with van der Waals surface area (Å²) in [4.78, 5) is 10.9. The van der Waals surface area contributed by atoms with Crippen molar-refractivity contribution in [2.45, 2.75) is 6.42 Å². The fourth-order valence-electron chi connectivity index (χ4n) is 2.33. The molecule has 0 bridgehead atoms. The van der Waals surface area contributed by atoms with Crippen LogP contribution in [0.3, 0.4) is 0 Å². The predicted molar refractivity (Wildman–Crippen MR) is 91.7 cm³/mol. The van der Waals surface area contributed by atoms with Crippen LogP contribution in [0.2, 0.25) is 5.02 Å². The van der Waals surface area contributed by atoms with Gasteiger partial charge in [-0.05, 0) is 45.8 Å². The quantitative estimate of drug-likeness (QED) is 0.723. The van der Waals surface area contributed by atoms with E-state index in [9.17, 15) is 4.79 Å². The van der Waals surface area contributed by atoms with Gasteiger partial charge < -0.3 is 9.84 Å². The van der Waals surface area contributed by atoms with Gasteiger partial charge in [0.2, 0.25) is 0 Å². The van der Waals surface area contributed by atoms with E-state index in [2.05, 4.69) is 21.0 Å². The summed E-state index contributed by atoms with van der Waals surface area (Å²) in [7, 11) is 1.58. The van der Waals surface area contributed by atoms with Gasteiger partial charge in [0.05, 0.1) is 29.8 Å². The molecule has 1 N–H and O–H groups in total. The Kier molecular flexibility index (Phi) is 4.28. The molecule has 3 aromatic rings. The summed E-state index contributed by atoms with van der Waals surface area (Å²) in [6, 6.07) is 10.7. The number of nitrogens with zero attached hydrogens (tertiary/aromatic N) is 2. The van der Waals surface area contributed by atoms with Crippen LogP contribution in [0, 0.1) is 0 Å². The Morgan fingerprint density at radius 3 is 2.78 bits per heavy atom. The molecular formula is C16H12BrClN2O3. The molecule has 0 aliphatic rings. The Balaban J connectivity index is 2.12. The number of fused-ring (bicyclic) bond motifs is 1. The summed E-state index contributed by atoms with van der Waals surface area (Å²) < 4.78 is 7.54. The van der Waals surface area contributed by atoms with Gasteiger partial charge in [0, 0.05) is 11.5 Å². The third-order valence-corrected chi connectivity index (χ3v) is 4.48. The Morgan fingerprint density at radius 1 is 1.35 bits per heavy atom. The summed E-state index contributed by atoms with van der Waals surface area (Å²) in [6.07, 6.45) is -0.0309. The Morgan fingerprint density at radius 2 is 2.13 bits per heavy atom. The van der Waals surface area contributed by atoms with Crippen LogP contribution in [0.25, 0.3) is 16.6 Å². The lowest BCUT2D eigenvalue weighted by Gasteiger charge is -2.07. The van der Waals surface area contributed by atoms with Crippen molar-refractivity contribution in [3.8, 4) is 11.4 Å². The van der Waals surface area contributed by atoms with Gasteiger partial charge in [-0.15, -0.1) is 0 Å². The molecule has 23 heavy (non-hydrogen) atoms. The molecule has 1 aromatic heterocycles. The van der Waals surface area contributed by atoms with Gasteiger partial charge in [0.25, 0.3) is 0 Å². The monoisotopic (exact) mass is 394 g/mol. The largest absolute Gasteiger partial charge is 0.497 e. The Bertz CT molecular complexity index is 908. The van der Waals surface area contributed by atoms with Gasteiger partial charge in [-0.1, -0.05) is 17.7 Å². The number of aliphatic carboxylic acids is 1. The van der Waals surface area contributed by atoms with Gasteiger partial charge in [-0.25, -0.2) is 4.68 Å². The van der Waals surface area contributed by atoms with Crippen molar-refractivity contribution >= 4 is 44.4 Å². The molecule has 0 aliphatic heterocycles. The van der Waals surface area contributed by atoms with Crippen LogP contribution in [0.1, 0.15) is 5.56 Å². The van der Waals surface area contributed by atoms with E-state index in [0.717, 1.165) is 10.9 Å². The SMILES string of the molecule is COc1ccc(-n2nc3ccc(CC(=O)O)cc3c2Br)c(Cl)c1. The van der Waals surface area contributed by atoms with E-state index in [1.165, 1.54) is 0 Å². The molecule has 0 fully saturated rings. The number of ether oxygens (including phenoxy) is 1. The average Bonchev–Trinajstić information content (AvgIpc) is 2.83. The highest BCUT2D eigenvalue weighted by Crippen LogP contribution is 2.32. The first-order valence-corrected chi connectivity index (χ1v) is 7.89. The minimum Gasteiger partial charge on any atom is -0.497 e. The first kappa shape index (κ1) is 15.8. The molecule has 0 saturated heterocycles. The van der Waals surface area contributed by atoms with E-state index in [1.54, 1.807) is 36.1 Å². The van der Waals surface area contributed by atoms with Crippen LogP contribution < -0.4 is 4.74 Å². The van der Waals surface area contributed by atoms with Crippen molar-refractivity contribution in [1.29, 1.82) is 0 Å². The Labute approximate surface area is 145 Å². The molecule has 1 heterocycles. The maximum atomic E-state index is 10.9. The lowest BCUT2D eigenvalue weighted by atomic mass is 10.1. The van der Waals surface area contributed by atoms with Crippen LogP contribution >= 0.6 is 27.5 Å². The molecule has 7 heteroatoms. The number of benzene rings is 2. The van der Waals surface area contributed by atoms with Crippen LogP contribution in [0.4, 0.5) is 0 Å². The van der Waals surface area contributed by atoms with Crippen molar-refractivity contribution in [2.24, 2.45) is 0 Å². The second-order valence-corrected chi connectivity index (χ2v) is 6.10. The maximum Gasteiger partial charge on any atom is 0.307 e. The van der Waals surface area contributed by atoms with Gasteiger partial charge in [-0.2, -0.15) is 5.10 Å². The fraction of sp³-hybridized carbons (Fsp3) is 0.125. The van der Waals surface area contributed by atoms with E-state index in [-0.39, 0.29) is 6.42 Å². The van der Waals surface area contributed by atoms with Gasteiger partial charge in [-0.3, -0.25) is 4.79 Å². The van der Waals surface area contributed by atoms with Crippen molar-refractivity contribution < 1.29 is 14.6 Å². The number of carbonyl (C=O) groups is 1. The van der Waals surface area contributed by atoms with Crippen molar-refractivity contribution in [3.63, 3.8) is 0 Å². The minimum atomic E-state index is -0.869. The zero-order chi connectivity index (χ0) is 16.6. The molecule has 0 unspecified atom stereocenters. The lowest BCUT2D eigenvalue weighted by Crippen LogP contribution is -1.99. The van der Waals surface area contributed by atoms with Gasteiger partial charge in [0.15, 0.2) is 0 Å². The molecule has 2 aromatic carbocycles. The van der Waals surface area contributed by atoms with Crippen molar-refractivity contribution in [2.75, 3.05) is 7.11 Å². The average molecular weight is 396 g/mol. The Hall–Kier alpha value is -2.05. The van der Waals surface area contributed by atoms with E-state index < -0.39 is 5.97 Å². The highest BCUT2D eigenvalue weighted by molar-refractivity contribution is 9.10. The highest BCUT2D eigenvalue weighted by Gasteiger charge is 2.14. The third-order valence-electron chi connectivity index (χ3n) is 3.42. The summed E-state index contributed by atoms with van der Waals surface area (Å²) in [5.74, 6) is -0.207. The normalized spacial score (nSPS) is 10.9. The molecular weight excluding hydrogens is 384 g/mol. The number of methoxy groups -OCH3 is 1. The van der Waals surface area contributed by atoms with Gasteiger partial charge >= 0.3 is 5.97 Å². The molecule has 0 atom stereocenters. The second kappa shape index (κ2) is 6.22. The number of rotatable bonds is 4. The molecule has 5 nitrogen and oxygen atoms in total. The molecule has 0 amide bonds. The molecule has 0 saturated carbocycles. The number of hydrogen-bond donors (Lipinski definition) is 1. The first-order valence-electron chi connectivity index (χ1n) is 6.72. The lowest BCUT2D eigenvalue weighted by molar-refractivity contribution is -0.136. The number of carboxylic acid groups (broad SMARTS) is 1. The highest BCUT2D eigenvalue weighted by atomic mass is 79.9. The van der Waals surface area contributed by atoms with Crippen LogP contribution in [-0.2, 0) is 11.2 Å². The smallest absolute Gasteiger partial charge is 0.307 e. The minimum absolute atomic E-state index is 0.0309.